The molecule has 4 amide bonds. The molecule has 0 atom stereocenters. The number of benzene rings is 2. The van der Waals surface area contributed by atoms with E-state index in [1.165, 1.54) is 21.1 Å². The maximum Gasteiger partial charge on any atom is 0.262 e. The van der Waals surface area contributed by atoms with Crippen LogP contribution in [-0.4, -0.2) is 46.5 Å². The first-order valence-electron chi connectivity index (χ1n) is 10.9. The summed E-state index contributed by atoms with van der Waals surface area (Å²) < 4.78 is 0.710. The fourth-order valence-corrected chi connectivity index (χ4v) is 5.91. The maximum atomic E-state index is 13.6. The molecule has 5 rings (SSSR count). The standard InChI is InChI=1S/C25H24N2O4S/c1-11(2)9-26-22(28)14-6-7-15-18-17(14)19(24(26)30)16-8-13(5)32-21(16)20(18)25(31)27(23(15)29)10-12(3)4/h6-8,11-12H,9-10H2,1-5H3. The predicted molar refractivity (Wildman–Crippen MR) is 124 cm³/mol. The van der Waals surface area contributed by atoms with E-state index >= 15 is 0 Å². The van der Waals surface area contributed by atoms with E-state index in [1.807, 2.05) is 40.7 Å². The molecular weight excluding hydrogens is 424 g/mol. The summed E-state index contributed by atoms with van der Waals surface area (Å²) in [6, 6.07) is 5.19. The number of rotatable bonds is 4. The number of fused-ring (bicyclic) bond motifs is 3. The van der Waals surface area contributed by atoms with Gasteiger partial charge < -0.3 is 0 Å². The molecule has 32 heavy (non-hydrogen) atoms. The van der Waals surface area contributed by atoms with Crippen LogP contribution >= 0.6 is 11.3 Å². The Labute approximate surface area is 189 Å². The topological polar surface area (TPSA) is 74.8 Å². The number of amides is 4. The van der Waals surface area contributed by atoms with Crippen molar-refractivity contribution in [2.45, 2.75) is 34.6 Å². The average molecular weight is 449 g/mol. The van der Waals surface area contributed by atoms with Gasteiger partial charge in [0.05, 0.1) is 11.1 Å². The fraction of sp³-hybridized carbons (Fsp3) is 0.360. The van der Waals surface area contributed by atoms with Gasteiger partial charge in [0.1, 0.15) is 0 Å². The smallest absolute Gasteiger partial charge is 0.262 e. The Balaban J connectivity index is 1.92. The summed E-state index contributed by atoms with van der Waals surface area (Å²) in [5, 5.41) is 1.59. The number of imide groups is 2. The van der Waals surface area contributed by atoms with Gasteiger partial charge >= 0.3 is 0 Å². The summed E-state index contributed by atoms with van der Waals surface area (Å²) in [5.41, 5.74) is 1.62. The van der Waals surface area contributed by atoms with Crippen molar-refractivity contribution in [3.8, 4) is 0 Å². The zero-order valence-electron chi connectivity index (χ0n) is 18.7. The zero-order chi connectivity index (χ0) is 23.1. The summed E-state index contributed by atoms with van der Waals surface area (Å²) in [6.07, 6.45) is 0. The van der Waals surface area contributed by atoms with Crippen molar-refractivity contribution in [1.82, 2.24) is 9.80 Å². The molecule has 0 N–H and O–H groups in total. The monoisotopic (exact) mass is 448 g/mol. The van der Waals surface area contributed by atoms with Crippen LogP contribution in [0, 0.1) is 18.8 Å². The maximum absolute atomic E-state index is 13.6. The van der Waals surface area contributed by atoms with Crippen LogP contribution in [0.3, 0.4) is 0 Å². The quantitative estimate of drug-likeness (QED) is 0.534. The van der Waals surface area contributed by atoms with Crippen LogP contribution in [0.2, 0.25) is 0 Å². The van der Waals surface area contributed by atoms with Gasteiger partial charge in [0.2, 0.25) is 0 Å². The largest absolute Gasteiger partial charge is 0.274 e. The van der Waals surface area contributed by atoms with Crippen molar-refractivity contribution < 1.29 is 19.2 Å². The molecule has 0 bridgehead atoms. The molecule has 2 aromatic carbocycles. The molecule has 6 nitrogen and oxygen atoms in total. The molecule has 3 heterocycles. The SMILES string of the molecule is Cc1cc2c3c4c(ccc5c4c(c2s1)C(=O)N(CC(C)C)C5=O)C(=O)N(CC(C)C)C3=O. The van der Waals surface area contributed by atoms with Gasteiger partial charge in [0.15, 0.2) is 0 Å². The molecule has 0 unspecified atom stereocenters. The van der Waals surface area contributed by atoms with Crippen molar-refractivity contribution >= 4 is 55.8 Å². The van der Waals surface area contributed by atoms with E-state index in [-0.39, 0.29) is 35.5 Å². The second kappa shape index (κ2) is 6.97. The highest BCUT2D eigenvalue weighted by molar-refractivity contribution is 7.19. The lowest BCUT2D eigenvalue weighted by molar-refractivity contribution is 0.0573. The minimum atomic E-state index is -0.371. The summed E-state index contributed by atoms with van der Waals surface area (Å²) in [4.78, 5) is 57.4. The van der Waals surface area contributed by atoms with Crippen LogP contribution in [0.5, 0.6) is 0 Å². The van der Waals surface area contributed by atoms with Crippen LogP contribution in [0.25, 0.3) is 20.9 Å². The Morgan fingerprint density at radius 1 is 0.750 bits per heavy atom. The molecule has 0 fully saturated rings. The molecule has 0 saturated heterocycles. The normalized spacial score (nSPS) is 16.0. The third kappa shape index (κ3) is 2.70. The Morgan fingerprint density at radius 2 is 1.22 bits per heavy atom. The van der Waals surface area contributed by atoms with Crippen LogP contribution in [0.1, 0.15) is 74.0 Å². The minimum Gasteiger partial charge on any atom is -0.274 e. The number of carbonyl (C=O) groups is 4. The first kappa shape index (κ1) is 20.8. The molecule has 0 aliphatic carbocycles. The summed E-state index contributed by atoms with van der Waals surface area (Å²) in [6.45, 7) is 10.4. The molecule has 0 spiro atoms. The Hall–Kier alpha value is -3.06. The van der Waals surface area contributed by atoms with E-state index in [0.29, 0.717) is 56.2 Å². The van der Waals surface area contributed by atoms with Gasteiger partial charge in [-0.15, -0.1) is 11.3 Å². The lowest BCUT2D eigenvalue weighted by Crippen LogP contribution is -2.45. The first-order chi connectivity index (χ1) is 15.1. The van der Waals surface area contributed by atoms with Gasteiger partial charge in [-0.1, -0.05) is 27.7 Å². The van der Waals surface area contributed by atoms with Crippen LogP contribution in [0.4, 0.5) is 0 Å². The Kier molecular flexibility index (Phi) is 4.53. The highest BCUT2D eigenvalue weighted by Crippen LogP contribution is 2.45. The van der Waals surface area contributed by atoms with Gasteiger partial charge in [-0.2, -0.15) is 0 Å². The minimum absolute atomic E-state index is 0.116. The highest BCUT2D eigenvalue weighted by Gasteiger charge is 2.42. The third-order valence-corrected chi connectivity index (χ3v) is 7.09. The van der Waals surface area contributed by atoms with E-state index in [9.17, 15) is 19.2 Å². The predicted octanol–water partition coefficient (Wildman–Crippen LogP) is 4.87. The summed E-state index contributed by atoms with van der Waals surface area (Å²) >= 11 is 1.45. The number of hydrogen-bond donors (Lipinski definition) is 0. The van der Waals surface area contributed by atoms with Gasteiger partial charge in [-0.3, -0.25) is 29.0 Å². The van der Waals surface area contributed by atoms with Crippen LogP contribution in [-0.2, 0) is 0 Å². The molecule has 1 aromatic heterocycles. The summed E-state index contributed by atoms with van der Waals surface area (Å²) in [7, 11) is 0. The van der Waals surface area contributed by atoms with E-state index in [2.05, 4.69) is 0 Å². The number of thiophene rings is 1. The van der Waals surface area contributed by atoms with Crippen molar-refractivity contribution in [2.24, 2.45) is 11.8 Å². The molecule has 2 aliphatic rings. The highest BCUT2D eigenvalue weighted by atomic mass is 32.1. The average Bonchev–Trinajstić information content (AvgIpc) is 3.10. The zero-order valence-corrected chi connectivity index (χ0v) is 19.6. The number of nitrogens with zero attached hydrogens (tertiary/aromatic N) is 2. The Morgan fingerprint density at radius 3 is 1.72 bits per heavy atom. The van der Waals surface area contributed by atoms with E-state index < -0.39 is 0 Å². The molecule has 3 aromatic rings. The lowest BCUT2D eigenvalue weighted by atomic mass is 9.84. The van der Waals surface area contributed by atoms with Crippen LogP contribution in [0.15, 0.2) is 18.2 Å². The lowest BCUT2D eigenvalue weighted by Gasteiger charge is -2.33. The molecule has 7 heteroatoms. The second-order valence-corrected chi connectivity index (χ2v) is 10.7. The van der Waals surface area contributed by atoms with Gasteiger partial charge in [0, 0.05) is 50.0 Å². The molecule has 0 saturated carbocycles. The fourth-order valence-electron chi connectivity index (χ4n) is 4.85. The van der Waals surface area contributed by atoms with E-state index in [4.69, 9.17) is 0 Å². The van der Waals surface area contributed by atoms with Gasteiger partial charge in [-0.25, -0.2) is 0 Å². The number of hydrogen-bond acceptors (Lipinski definition) is 5. The van der Waals surface area contributed by atoms with Crippen molar-refractivity contribution in [3.05, 3.63) is 45.3 Å². The first-order valence-corrected chi connectivity index (χ1v) is 11.7. The third-order valence-electron chi connectivity index (χ3n) is 6.02. The number of aryl methyl sites for hydroxylation is 1. The van der Waals surface area contributed by atoms with E-state index in [1.54, 1.807) is 12.1 Å². The van der Waals surface area contributed by atoms with Crippen molar-refractivity contribution in [2.75, 3.05) is 13.1 Å². The molecule has 0 radical (unpaired) electrons. The number of carbonyl (C=O) groups excluding carboxylic acids is 4. The van der Waals surface area contributed by atoms with Crippen molar-refractivity contribution in [3.63, 3.8) is 0 Å². The molecular formula is C25H24N2O4S. The molecule has 164 valence electrons. The van der Waals surface area contributed by atoms with Crippen LogP contribution < -0.4 is 0 Å². The summed E-state index contributed by atoms with van der Waals surface area (Å²) in [5.74, 6) is -1.21. The van der Waals surface area contributed by atoms with E-state index in [0.717, 1.165) is 4.88 Å². The molecule has 2 aliphatic heterocycles. The van der Waals surface area contributed by atoms with Gasteiger partial charge in [-0.05, 0) is 37.0 Å². The van der Waals surface area contributed by atoms with Gasteiger partial charge in [0.25, 0.3) is 23.6 Å². The Bertz CT molecular complexity index is 1280. The van der Waals surface area contributed by atoms with Crippen molar-refractivity contribution in [1.29, 1.82) is 0 Å². The second-order valence-electron chi connectivity index (χ2n) is 9.49.